The first-order valence-corrected chi connectivity index (χ1v) is 6.92. The molecule has 1 aromatic heterocycles. The van der Waals surface area contributed by atoms with E-state index < -0.39 is 0 Å². The monoisotopic (exact) mass is 302 g/mol. The summed E-state index contributed by atoms with van der Waals surface area (Å²) >= 11 is 0. The second-order valence-electron chi connectivity index (χ2n) is 4.60. The molecule has 0 atom stereocenters. The van der Waals surface area contributed by atoms with Crippen LogP contribution < -0.4 is 15.4 Å². The van der Waals surface area contributed by atoms with Gasteiger partial charge in [-0.3, -0.25) is 14.7 Å². The van der Waals surface area contributed by atoms with Crippen molar-refractivity contribution in [3.8, 4) is 5.75 Å². The number of nitrogens with zero attached hydrogens (tertiary/aromatic N) is 1. The maximum Gasteiger partial charge on any atom is 0.255 e. The summed E-state index contributed by atoms with van der Waals surface area (Å²) in [5.41, 5.74) is 1.23. The van der Waals surface area contributed by atoms with Crippen LogP contribution in [0.25, 0.3) is 0 Å². The fourth-order valence-corrected chi connectivity index (χ4v) is 1.86. The van der Waals surface area contributed by atoms with Crippen molar-refractivity contribution >= 4 is 17.6 Å². The standard InChI is InChI=1S/C15H18N4O3/c1-3-22-12-7-5-4-6-11(12)15(21)16-9-14(20)17-13-8-10(2)18-19-13/h4-8H,3,9H2,1-2H3,(H,16,21)(H2,17,18,19,20). The van der Waals surface area contributed by atoms with Crippen LogP contribution in [0.5, 0.6) is 5.75 Å². The fourth-order valence-electron chi connectivity index (χ4n) is 1.86. The molecule has 7 nitrogen and oxygen atoms in total. The third-order valence-electron chi connectivity index (χ3n) is 2.81. The van der Waals surface area contributed by atoms with Gasteiger partial charge in [0.25, 0.3) is 5.91 Å². The van der Waals surface area contributed by atoms with Gasteiger partial charge in [0.15, 0.2) is 5.82 Å². The van der Waals surface area contributed by atoms with E-state index in [2.05, 4.69) is 20.8 Å². The molecule has 1 aromatic carbocycles. The zero-order chi connectivity index (χ0) is 15.9. The molecule has 0 fully saturated rings. The van der Waals surface area contributed by atoms with Crippen LogP contribution in [-0.2, 0) is 4.79 Å². The number of aryl methyl sites for hydroxylation is 1. The SMILES string of the molecule is CCOc1ccccc1C(=O)NCC(=O)Nc1cc(C)[nH]n1. The average Bonchev–Trinajstić information content (AvgIpc) is 2.91. The van der Waals surface area contributed by atoms with Gasteiger partial charge in [0.1, 0.15) is 5.75 Å². The normalized spacial score (nSPS) is 10.1. The van der Waals surface area contributed by atoms with Gasteiger partial charge in [-0.1, -0.05) is 12.1 Å². The lowest BCUT2D eigenvalue weighted by Gasteiger charge is -2.10. The first-order chi connectivity index (χ1) is 10.6. The number of hydrogen-bond donors (Lipinski definition) is 3. The van der Waals surface area contributed by atoms with E-state index in [0.717, 1.165) is 5.69 Å². The van der Waals surface area contributed by atoms with E-state index in [-0.39, 0.29) is 18.4 Å². The van der Waals surface area contributed by atoms with Crippen molar-refractivity contribution < 1.29 is 14.3 Å². The van der Waals surface area contributed by atoms with Crippen molar-refractivity contribution in [1.82, 2.24) is 15.5 Å². The molecule has 3 N–H and O–H groups in total. The summed E-state index contributed by atoms with van der Waals surface area (Å²) in [6.07, 6.45) is 0. The number of H-pyrrole nitrogens is 1. The maximum atomic E-state index is 12.1. The quantitative estimate of drug-likeness (QED) is 0.753. The van der Waals surface area contributed by atoms with E-state index in [1.54, 1.807) is 30.3 Å². The van der Waals surface area contributed by atoms with Gasteiger partial charge in [-0.25, -0.2) is 0 Å². The minimum absolute atomic E-state index is 0.148. The number of rotatable bonds is 6. The second-order valence-corrected chi connectivity index (χ2v) is 4.60. The van der Waals surface area contributed by atoms with Crippen LogP contribution in [0.1, 0.15) is 23.0 Å². The largest absolute Gasteiger partial charge is 0.493 e. The highest BCUT2D eigenvalue weighted by Gasteiger charge is 2.13. The Labute approximate surface area is 128 Å². The van der Waals surface area contributed by atoms with E-state index >= 15 is 0 Å². The van der Waals surface area contributed by atoms with Crippen molar-refractivity contribution in [2.24, 2.45) is 0 Å². The lowest BCUT2D eigenvalue weighted by atomic mass is 10.2. The topological polar surface area (TPSA) is 96.1 Å². The van der Waals surface area contributed by atoms with Gasteiger partial charge in [-0.2, -0.15) is 5.10 Å². The number of para-hydroxylation sites is 1. The van der Waals surface area contributed by atoms with E-state index in [0.29, 0.717) is 23.7 Å². The molecule has 0 spiro atoms. The molecule has 0 radical (unpaired) electrons. The number of aromatic amines is 1. The number of hydrogen-bond acceptors (Lipinski definition) is 4. The van der Waals surface area contributed by atoms with Crippen LogP contribution in [0, 0.1) is 6.92 Å². The van der Waals surface area contributed by atoms with E-state index in [1.807, 2.05) is 13.8 Å². The molecule has 0 saturated carbocycles. The Kier molecular flexibility index (Phi) is 5.13. The second kappa shape index (κ2) is 7.26. The number of carbonyl (C=O) groups is 2. The molecule has 7 heteroatoms. The van der Waals surface area contributed by atoms with Crippen LogP contribution in [0.15, 0.2) is 30.3 Å². The van der Waals surface area contributed by atoms with Gasteiger partial charge in [-0.05, 0) is 26.0 Å². The summed E-state index contributed by atoms with van der Waals surface area (Å²) in [4.78, 5) is 23.9. The van der Waals surface area contributed by atoms with E-state index in [9.17, 15) is 9.59 Å². The molecule has 1 heterocycles. The minimum atomic E-state index is -0.364. The maximum absolute atomic E-state index is 12.1. The van der Waals surface area contributed by atoms with Crippen molar-refractivity contribution in [3.63, 3.8) is 0 Å². The Morgan fingerprint density at radius 3 is 2.77 bits per heavy atom. The zero-order valence-corrected chi connectivity index (χ0v) is 12.5. The van der Waals surface area contributed by atoms with Gasteiger partial charge < -0.3 is 15.4 Å². The van der Waals surface area contributed by atoms with Gasteiger partial charge in [-0.15, -0.1) is 0 Å². The fraction of sp³-hybridized carbons (Fsp3) is 0.267. The number of ether oxygens (including phenoxy) is 1. The molecule has 0 saturated heterocycles. The summed E-state index contributed by atoms with van der Waals surface area (Å²) in [5.74, 6) is 0.198. The summed E-state index contributed by atoms with van der Waals surface area (Å²) in [6.45, 7) is 3.98. The molecule has 0 unspecified atom stereocenters. The molecule has 0 aliphatic rings. The minimum Gasteiger partial charge on any atom is -0.493 e. The van der Waals surface area contributed by atoms with Crippen LogP contribution in [0.2, 0.25) is 0 Å². The molecular formula is C15H18N4O3. The first kappa shape index (κ1) is 15.6. The number of anilines is 1. The Morgan fingerprint density at radius 1 is 1.32 bits per heavy atom. The zero-order valence-electron chi connectivity index (χ0n) is 12.5. The van der Waals surface area contributed by atoms with Crippen LogP contribution in [0.3, 0.4) is 0 Å². The highest BCUT2D eigenvalue weighted by molar-refractivity contribution is 6.00. The van der Waals surface area contributed by atoms with E-state index in [4.69, 9.17) is 4.74 Å². The molecule has 0 bridgehead atoms. The average molecular weight is 302 g/mol. The Morgan fingerprint density at radius 2 is 2.09 bits per heavy atom. The van der Waals surface area contributed by atoms with Gasteiger partial charge in [0.05, 0.1) is 18.7 Å². The third-order valence-corrected chi connectivity index (χ3v) is 2.81. The predicted molar refractivity (Wildman–Crippen MR) is 81.9 cm³/mol. The van der Waals surface area contributed by atoms with Gasteiger partial charge in [0, 0.05) is 11.8 Å². The molecule has 22 heavy (non-hydrogen) atoms. The summed E-state index contributed by atoms with van der Waals surface area (Å²) in [5, 5.41) is 11.7. The van der Waals surface area contributed by atoms with Crippen LogP contribution in [0.4, 0.5) is 5.82 Å². The number of amides is 2. The number of benzene rings is 1. The van der Waals surface area contributed by atoms with Gasteiger partial charge in [0.2, 0.25) is 5.91 Å². The number of aromatic nitrogens is 2. The molecule has 2 rings (SSSR count). The number of carbonyl (C=O) groups excluding carboxylic acids is 2. The summed E-state index contributed by atoms with van der Waals surface area (Å²) in [7, 11) is 0. The van der Waals surface area contributed by atoms with Crippen molar-refractivity contribution in [2.75, 3.05) is 18.5 Å². The molecule has 2 amide bonds. The van der Waals surface area contributed by atoms with Crippen LogP contribution >= 0.6 is 0 Å². The Hall–Kier alpha value is -2.83. The number of nitrogens with one attached hydrogen (secondary N) is 3. The molecule has 0 aliphatic carbocycles. The van der Waals surface area contributed by atoms with Crippen LogP contribution in [-0.4, -0.2) is 35.2 Å². The lowest BCUT2D eigenvalue weighted by Crippen LogP contribution is -2.33. The highest BCUT2D eigenvalue weighted by atomic mass is 16.5. The lowest BCUT2D eigenvalue weighted by molar-refractivity contribution is -0.115. The van der Waals surface area contributed by atoms with Crippen molar-refractivity contribution in [1.29, 1.82) is 0 Å². The van der Waals surface area contributed by atoms with E-state index in [1.165, 1.54) is 0 Å². The summed E-state index contributed by atoms with van der Waals surface area (Å²) < 4.78 is 5.39. The van der Waals surface area contributed by atoms with Gasteiger partial charge >= 0.3 is 0 Å². The molecular weight excluding hydrogens is 284 g/mol. The van der Waals surface area contributed by atoms with Crippen molar-refractivity contribution in [3.05, 3.63) is 41.6 Å². The predicted octanol–water partition coefficient (Wildman–Crippen LogP) is 1.49. The third kappa shape index (κ3) is 4.08. The highest BCUT2D eigenvalue weighted by Crippen LogP contribution is 2.17. The molecule has 0 aliphatic heterocycles. The molecule has 116 valence electrons. The Bertz CT molecular complexity index is 666. The first-order valence-electron chi connectivity index (χ1n) is 6.92. The van der Waals surface area contributed by atoms with Crippen molar-refractivity contribution in [2.45, 2.75) is 13.8 Å². The molecule has 2 aromatic rings. The summed E-state index contributed by atoms with van der Waals surface area (Å²) in [6, 6.07) is 8.59. The smallest absolute Gasteiger partial charge is 0.255 e. The Balaban J connectivity index is 1.91.